The molecule has 0 fully saturated rings. The average molecular weight is 276 g/mol. The minimum absolute atomic E-state index is 0.214. The van der Waals surface area contributed by atoms with Crippen molar-refractivity contribution in [3.63, 3.8) is 0 Å². The zero-order chi connectivity index (χ0) is 14.8. The number of pyridine rings is 1. The lowest BCUT2D eigenvalue weighted by Crippen LogP contribution is -2.37. The number of hydrazone groups is 1. The summed E-state index contributed by atoms with van der Waals surface area (Å²) in [6.07, 6.45) is 4.51. The van der Waals surface area contributed by atoms with Gasteiger partial charge in [0, 0.05) is 11.9 Å². The third-order valence-corrected chi connectivity index (χ3v) is 2.60. The lowest BCUT2D eigenvalue weighted by molar-refractivity contribution is -0.139. The Morgan fingerprint density at radius 1 is 1.30 bits per heavy atom. The Labute approximate surface area is 118 Å². The minimum atomic E-state index is -0.767. The third-order valence-electron chi connectivity index (χ3n) is 2.60. The molecule has 0 atom stereocenters. The fourth-order valence-electron chi connectivity index (χ4n) is 1.44. The van der Waals surface area contributed by atoms with E-state index in [1.807, 2.05) is 13.0 Å². The van der Waals surface area contributed by atoms with Crippen molar-refractivity contribution < 1.29 is 9.59 Å². The standard InChI is InChI=1S/C14H20N4O2/c1-3-4-7-11(2)17-18-14(20)13(19)16-10-12-8-5-6-9-15-12/h5-6,8-9H,3-4,7,10H2,1-2H3,(H,16,19)(H,18,20)/b17-11+. The number of amides is 2. The molecule has 0 spiro atoms. The molecule has 0 aliphatic rings. The van der Waals surface area contributed by atoms with E-state index in [1.54, 1.807) is 18.3 Å². The van der Waals surface area contributed by atoms with E-state index in [9.17, 15) is 9.59 Å². The molecule has 0 bridgehead atoms. The van der Waals surface area contributed by atoms with Crippen LogP contribution in [0.3, 0.4) is 0 Å². The van der Waals surface area contributed by atoms with E-state index in [4.69, 9.17) is 0 Å². The second kappa shape index (κ2) is 8.79. The second-order valence-electron chi connectivity index (χ2n) is 4.40. The Hall–Kier alpha value is -2.24. The van der Waals surface area contributed by atoms with Crippen LogP contribution in [0.5, 0.6) is 0 Å². The Morgan fingerprint density at radius 3 is 2.75 bits per heavy atom. The van der Waals surface area contributed by atoms with E-state index in [2.05, 4.69) is 27.8 Å². The van der Waals surface area contributed by atoms with E-state index < -0.39 is 11.8 Å². The largest absolute Gasteiger partial charge is 0.342 e. The summed E-state index contributed by atoms with van der Waals surface area (Å²) in [4.78, 5) is 27.1. The first-order valence-corrected chi connectivity index (χ1v) is 6.64. The molecular formula is C14H20N4O2. The van der Waals surface area contributed by atoms with Gasteiger partial charge in [-0.1, -0.05) is 19.4 Å². The van der Waals surface area contributed by atoms with E-state index in [-0.39, 0.29) is 6.54 Å². The topological polar surface area (TPSA) is 83.5 Å². The fraction of sp³-hybridized carbons (Fsp3) is 0.429. The molecule has 2 amide bonds. The Kier molecular flexibility index (Phi) is 6.95. The average Bonchev–Trinajstić information content (AvgIpc) is 2.49. The van der Waals surface area contributed by atoms with E-state index in [0.29, 0.717) is 5.69 Å². The summed E-state index contributed by atoms with van der Waals surface area (Å²) < 4.78 is 0. The number of rotatable bonds is 6. The SMILES string of the molecule is CCCC/C(C)=N/NC(=O)C(=O)NCc1ccccn1. The normalized spacial score (nSPS) is 11.0. The smallest absolute Gasteiger partial charge is 0.329 e. The van der Waals surface area contributed by atoms with E-state index in [0.717, 1.165) is 25.0 Å². The predicted molar refractivity (Wildman–Crippen MR) is 76.9 cm³/mol. The van der Waals surface area contributed by atoms with Gasteiger partial charge in [0.05, 0.1) is 12.2 Å². The fourth-order valence-corrected chi connectivity index (χ4v) is 1.44. The maximum absolute atomic E-state index is 11.5. The molecule has 6 nitrogen and oxygen atoms in total. The third kappa shape index (κ3) is 6.08. The van der Waals surface area contributed by atoms with Crippen LogP contribution in [0.4, 0.5) is 0 Å². The van der Waals surface area contributed by atoms with Crippen LogP contribution in [0, 0.1) is 0 Å². The Morgan fingerprint density at radius 2 is 2.10 bits per heavy atom. The van der Waals surface area contributed by atoms with Crippen LogP contribution in [0.1, 0.15) is 38.8 Å². The highest BCUT2D eigenvalue weighted by Crippen LogP contribution is 1.95. The molecular weight excluding hydrogens is 256 g/mol. The lowest BCUT2D eigenvalue weighted by atomic mass is 10.2. The molecule has 0 aliphatic heterocycles. The van der Waals surface area contributed by atoms with E-state index >= 15 is 0 Å². The van der Waals surface area contributed by atoms with Gasteiger partial charge in [-0.3, -0.25) is 14.6 Å². The van der Waals surface area contributed by atoms with Gasteiger partial charge in [-0.15, -0.1) is 0 Å². The van der Waals surface area contributed by atoms with Crippen LogP contribution in [0.2, 0.25) is 0 Å². The van der Waals surface area contributed by atoms with Gasteiger partial charge in [0.25, 0.3) is 0 Å². The highest BCUT2D eigenvalue weighted by Gasteiger charge is 2.12. The molecule has 1 heterocycles. The molecule has 108 valence electrons. The summed E-state index contributed by atoms with van der Waals surface area (Å²) in [6, 6.07) is 5.37. The molecule has 2 N–H and O–H groups in total. The molecule has 20 heavy (non-hydrogen) atoms. The molecule has 0 saturated heterocycles. The van der Waals surface area contributed by atoms with E-state index in [1.165, 1.54) is 0 Å². The van der Waals surface area contributed by atoms with Crippen LogP contribution >= 0.6 is 0 Å². The van der Waals surface area contributed by atoms with Gasteiger partial charge < -0.3 is 5.32 Å². The molecule has 1 aromatic heterocycles. The van der Waals surface area contributed by atoms with Crippen LogP contribution in [0.15, 0.2) is 29.5 Å². The number of nitrogens with zero attached hydrogens (tertiary/aromatic N) is 2. The first-order chi connectivity index (χ1) is 9.63. The van der Waals surface area contributed by atoms with Crippen LogP contribution in [-0.2, 0) is 16.1 Å². The van der Waals surface area contributed by atoms with Gasteiger partial charge in [-0.05, 0) is 31.9 Å². The van der Waals surface area contributed by atoms with Gasteiger partial charge >= 0.3 is 11.8 Å². The molecule has 0 aliphatic carbocycles. The Bertz CT molecular complexity index is 471. The van der Waals surface area contributed by atoms with Crippen molar-refractivity contribution in [1.29, 1.82) is 0 Å². The van der Waals surface area contributed by atoms with Crippen molar-refractivity contribution in [2.45, 2.75) is 39.7 Å². The van der Waals surface area contributed by atoms with Crippen LogP contribution in [-0.4, -0.2) is 22.5 Å². The van der Waals surface area contributed by atoms with Crippen LogP contribution < -0.4 is 10.7 Å². The van der Waals surface area contributed by atoms with Crippen LogP contribution in [0.25, 0.3) is 0 Å². The summed E-state index contributed by atoms with van der Waals surface area (Å²) in [7, 11) is 0. The first kappa shape index (κ1) is 15.8. The zero-order valence-electron chi connectivity index (χ0n) is 11.8. The number of unbranched alkanes of at least 4 members (excludes halogenated alkanes) is 1. The molecule has 1 aromatic rings. The van der Waals surface area contributed by atoms with Crippen molar-refractivity contribution in [1.82, 2.24) is 15.7 Å². The highest BCUT2D eigenvalue weighted by molar-refractivity contribution is 6.35. The molecule has 0 unspecified atom stereocenters. The van der Waals surface area contributed by atoms with Gasteiger partial charge in [0.15, 0.2) is 0 Å². The van der Waals surface area contributed by atoms with Gasteiger partial charge in [-0.2, -0.15) is 5.10 Å². The molecule has 0 radical (unpaired) electrons. The van der Waals surface area contributed by atoms with Gasteiger partial charge in [0.1, 0.15) is 0 Å². The second-order valence-corrected chi connectivity index (χ2v) is 4.40. The summed E-state index contributed by atoms with van der Waals surface area (Å²) >= 11 is 0. The summed E-state index contributed by atoms with van der Waals surface area (Å²) in [5, 5.41) is 6.36. The summed E-state index contributed by atoms with van der Waals surface area (Å²) in [6.45, 7) is 4.12. The molecule has 6 heteroatoms. The number of carbonyl (C=O) groups excluding carboxylic acids is 2. The van der Waals surface area contributed by atoms with Gasteiger partial charge in [-0.25, -0.2) is 5.43 Å². The monoisotopic (exact) mass is 276 g/mol. The summed E-state index contributed by atoms with van der Waals surface area (Å²) in [5.41, 5.74) is 3.74. The number of hydrogen-bond acceptors (Lipinski definition) is 4. The number of hydrogen-bond donors (Lipinski definition) is 2. The highest BCUT2D eigenvalue weighted by atomic mass is 16.2. The molecule has 0 aromatic carbocycles. The predicted octanol–water partition coefficient (Wildman–Crippen LogP) is 1.38. The van der Waals surface area contributed by atoms with Crippen molar-refractivity contribution in [2.24, 2.45) is 5.10 Å². The van der Waals surface area contributed by atoms with Gasteiger partial charge in [0.2, 0.25) is 0 Å². The van der Waals surface area contributed by atoms with Crippen molar-refractivity contribution in [3.8, 4) is 0 Å². The Balaban J connectivity index is 2.34. The van der Waals surface area contributed by atoms with Crippen molar-refractivity contribution in [3.05, 3.63) is 30.1 Å². The zero-order valence-corrected chi connectivity index (χ0v) is 11.8. The maximum atomic E-state index is 11.5. The number of nitrogens with one attached hydrogen (secondary N) is 2. The maximum Gasteiger partial charge on any atom is 0.329 e. The molecule has 0 saturated carbocycles. The lowest BCUT2D eigenvalue weighted by Gasteiger charge is -2.04. The minimum Gasteiger partial charge on any atom is -0.342 e. The number of carbonyl (C=O) groups is 2. The van der Waals surface area contributed by atoms with Crippen molar-refractivity contribution >= 4 is 17.5 Å². The number of aromatic nitrogens is 1. The molecule has 1 rings (SSSR count). The first-order valence-electron chi connectivity index (χ1n) is 6.64. The summed E-state index contributed by atoms with van der Waals surface area (Å²) in [5.74, 6) is -1.49. The quantitative estimate of drug-likeness (QED) is 0.468. The van der Waals surface area contributed by atoms with Crippen molar-refractivity contribution in [2.75, 3.05) is 0 Å².